The van der Waals surface area contributed by atoms with E-state index >= 15 is 0 Å². The molecule has 2 rings (SSSR count). The van der Waals surface area contributed by atoms with Crippen LogP contribution in [0.1, 0.15) is 17.5 Å². The highest BCUT2D eigenvalue weighted by atomic mass is 79.9. The molecule has 4 nitrogen and oxygen atoms in total. The number of halogens is 2. The Hall–Kier alpha value is -0.850. The smallest absolute Gasteiger partial charge is 0.289 e. The van der Waals surface area contributed by atoms with Gasteiger partial charge in [-0.05, 0) is 41.1 Å². The van der Waals surface area contributed by atoms with Crippen molar-refractivity contribution < 1.29 is 9.21 Å². The molecule has 1 unspecified atom stereocenters. The molecule has 1 heterocycles. The Labute approximate surface area is 128 Å². The molecule has 1 aromatic heterocycles. The fourth-order valence-electron chi connectivity index (χ4n) is 1.71. The molecule has 0 bridgehead atoms. The van der Waals surface area contributed by atoms with Gasteiger partial charge in [-0.25, -0.2) is 0 Å². The molecule has 102 valence electrons. The Morgan fingerprint density at radius 2 is 2.11 bits per heavy atom. The summed E-state index contributed by atoms with van der Waals surface area (Å²) >= 11 is 6.83. The van der Waals surface area contributed by atoms with Crippen LogP contribution in [0.25, 0.3) is 11.0 Å². The van der Waals surface area contributed by atoms with Crippen molar-refractivity contribution >= 4 is 48.7 Å². The number of benzene rings is 1. The standard InChI is InChI=1S/C13H14Br2N2O2/c1-7(6-16)17(2)13(18)11-4-8-3-9(14)5-10(15)12(8)19-11/h3-5,7H,6,16H2,1-2H3. The van der Waals surface area contributed by atoms with Crippen molar-refractivity contribution in [1.29, 1.82) is 0 Å². The summed E-state index contributed by atoms with van der Waals surface area (Å²) in [5.74, 6) is 0.147. The summed E-state index contributed by atoms with van der Waals surface area (Å²) in [5, 5.41) is 0.874. The Bertz CT molecular complexity index is 624. The second-order valence-corrected chi connectivity index (χ2v) is 6.19. The Balaban J connectivity index is 2.41. The van der Waals surface area contributed by atoms with Crippen LogP contribution >= 0.6 is 31.9 Å². The number of carbonyl (C=O) groups excluding carboxylic acids is 1. The lowest BCUT2D eigenvalue weighted by molar-refractivity contribution is 0.0718. The van der Waals surface area contributed by atoms with Crippen molar-refractivity contribution in [2.45, 2.75) is 13.0 Å². The van der Waals surface area contributed by atoms with E-state index in [0.29, 0.717) is 17.9 Å². The van der Waals surface area contributed by atoms with Crippen molar-refractivity contribution in [2.75, 3.05) is 13.6 Å². The predicted molar refractivity (Wildman–Crippen MR) is 82.2 cm³/mol. The highest BCUT2D eigenvalue weighted by Gasteiger charge is 2.21. The quantitative estimate of drug-likeness (QED) is 0.875. The zero-order chi connectivity index (χ0) is 14.2. The monoisotopic (exact) mass is 388 g/mol. The first-order valence-electron chi connectivity index (χ1n) is 5.80. The lowest BCUT2D eigenvalue weighted by atomic mass is 10.2. The van der Waals surface area contributed by atoms with Crippen LogP contribution in [-0.4, -0.2) is 30.4 Å². The normalized spacial score (nSPS) is 12.7. The maximum atomic E-state index is 12.3. The second kappa shape index (κ2) is 5.64. The fourth-order valence-corrected chi connectivity index (χ4v) is 3.05. The molecule has 0 saturated carbocycles. The largest absolute Gasteiger partial charge is 0.450 e. The summed E-state index contributed by atoms with van der Waals surface area (Å²) in [4.78, 5) is 13.8. The molecule has 0 spiro atoms. The number of nitrogens with zero attached hydrogens (tertiary/aromatic N) is 1. The molecule has 0 aliphatic carbocycles. The molecule has 1 aromatic carbocycles. The van der Waals surface area contributed by atoms with Gasteiger partial charge in [0.2, 0.25) is 0 Å². The molecule has 0 aliphatic rings. The third-order valence-corrected chi connectivity index (χ3v) is 4.12. The number of furan rings is 1. The molecule has 0 fully saturated rings. The van der Waals surface area contributed by atoms with Crippen molar-refractivity contribution in [3.05, 3.63) is 32.9 Å². The maximum Gasteiger partial charge on any atom is 0.289 e. The van der Waals surface area contributed by atoms with Gasteiger partial charge in [0.25, 0.3) is 5.91 Å². The first kappa shape index (κ1) is 14.6. The number of rotatable bonds is 3. The zero-order valence-corrected chi connectivity index (χ0v) is 13.8. The van der Waals surface area contributed by atoms with Gasteiger partial charge in [-0.1, -0.05) is 15.9 Å². The van der Waals surface area contributed by atoms with Crippen LogP contribution in [0.3, 0.4) is 0 Å². The Kier molecular flexibility index (Phi) is 4.32. The fraction of sp³-hybridized carbons (Fsp3) is 0.308. The highest BCUT2D eigenvalue weighted by molar-refractivity contribution is 9.11. The van der Waals surface area contributed by atoms with Gasteiger partial charge in [0.05, 0.1) is 4.47 Å². The molecule has 0 aliphatic heterocycles. The molecule has 0 radical (unpaired) electrons. The lowest BCUT2D eigenvalue weighted by Gasteiger charge is -2.22. The number of carbonyl (C=O) groups is 1. The number of fused-ring (bicyclic) bond motifs is 1. The van der Waals surface area contributed by atoms with E-state index in [0.717, 1.165) is 14.3 Å². The summed E-state index contributed by atoms with van der Waals surface area (Å²) < 4.78 is 7.37. The molecule has 6 heteroatoms. The van der Waals surface area contributed by atoms with Crippen LogP contribution in [0.5, 0.6) is 0 Å². The van der Waals surface area contributed by atoms with Crippen LogP contribution in [0, 0.1) is 0 Å². The molecule has 19 heavy (non-hydrogen) atoms. The van der Waals surface area contributed by atoms with Gasteiger partial charge in [0, 0.05) is 29.5 Å². The van der Waals surface area contributed by atoms with Gasteiger partial charge >= 0.3 is 0 Å². The number of hydrogen-bond acceptors (Lipinski definition) is 3. The van der Waals surface area contributed by atoms with E-state index in [9.17, 15) is 4.79 Å². The average molecular weight is 390 g/mol. The van der Waals surface area contributed by atoms with Crippen LogP contribution in [0.2, 0.25) is 0 Å². The summed E-state index contributed by atoms with van der Waals surface area (Å²) in [7, 11) is 1.72. The molecule has 1 amide bonds. The van der Waals surface area contributed by atoms with Crippen LogP contribution in [0.15, 0.2) is 31.6 Å². The van der Waals surface area contributed by atoms with Crippen molar-refractivity contribution in [1.82, 2.24) is 4.90 Å². The number of hydrogen-bond donors (Lipinski definition) is 1. The SMILES string of the molecule is CC(CN)N(C)C(=O)c1cc2cc(Br)cc(Br)c2o1. The molecule has 0 saturated heterocycles. The van der Waals surface area contributed by atoms with Gasteiger partial charge in [-0.3, -0.25) is 4.79 Å². The topological polar surface area (TPSA) is 59.5 Å². The third-order valence-electron chi connectivity index (χ3n) is 3.07. The van der Waals surface area contributed by atoms with E-state index in [1.807, 2.05) is 19.1 Å². The minimum atomic E-state index is -0.169. The van der Waals surface area contributed by atoms with Crippen LogP contribution < -0.4 is 5.73 Å². The van der Waals surface area contributed by atoms with Gasteiger partial charge in [-0.2, -0.15) is 0 Å². The van der Waals surface area contributed by atoms with E-state index in [2.05, 4.69) is 31.9 Å². The van der Waals surface area contributed by atoms with Crippen molar-refractivity contribution in [2.24, 2.45) is 5.73 Å². The number of amides is 1. The molecule has 2 N–H and O–H groups in total. The van der Waals surface area contributed by atoms with E-state index in [1.165, 1.54) is 0 Å². The summed E-state index contributed by atoms with van der Waals surface area (Å²) in [6, 6.07) is 5.50. The first-order valence-corrected chi connectivity index (χ1v) is 7.38. The number of likely N-dealkylation sites (N-methyl/N-ethyl adjacent to an activating group) is 1. The maximum absolute atomic E-state index is 12.3. The Morgan fingerprint density at radius 1 is 1.42 bits per heavy atom. The average Bonchev–Trinajstić information content (AvgIpc) is 2.80. The van der Waals surface area contributed by atoms with Crippen LogP contribution in [0.4, 0.5) is 0 Å². The van der Waals surface area contributed by atoms with E-state index < -0.39 is 0 Å². The zero-order valence-electron chi connectivity index (χ0n) is 10.6. The van der Waals surface area contributed by atoms with Gasteiger partial charge < -0.3 is 15.1 Å². The summed E-state index contributed by atoms with van der Waals surface area (Å²) in [6.45, 7) is 2.31. The first-order chi connectivity index (χ1) is 8.93. The molecular formula is C13H14Br2N2O2. The lowest BCUT2D eigenvalue weighted by Crippen LogP contribution is -2.39. The van der Waals surface area contributed by atoms with E-state index in [-0.39, 0.29) is 11.9 Å². The van der Waals surface area contributed by atoms with Gasteiger partial charge in [0.15, 0.2) is 5.76 Å². The molecular weight excluding hydrogens is 376 g/mol. The highest BCUT2D eigenvalue weighted by Crippen LogP contribution is 2.31. The molecule has 2 aromatic rings. The Morgan fingerprint density at radius 3 is 2.74 bits per heavy atom. The summed E-state index contributed by atoms with van der Waals surface area (Å²) in [6.07, 6.45) is 0. The van der Waals surface area contributed by atoms with Gasteiger partial charge in [-0.15, -0.1) is 0 Å². The molecule has 1 atom stereocenters. The van der Waals surface area contributed by atoms with Crippen LogP contribution in [-0.2, 0) is 0 Å². The minimum Gasteiger partial charge on any atom is -0.450 e. The van der Waals surface area contributed by atoms with Crippen molar-refractivity contribution in [3.63, 3.8) is 0 Å². The second-order valence-electron chi connectivity index (χ2n) is 4.42. The van der Waals surface area contributed by atoms with E-state index in [1.54, 1.807) is 18.0 Å². The van der Waals surface area contributed by atoms with E-state index in [4.69, 9.17) is 10.2 Å². The minimum absolute atomic E-state index is 0.0316. The summed E-state index contributed by atoms with van der Waals surface area (Å²) in [5.41, 5.74) is 6.24. The third kappa shape index (κ3) is 2.85. The van der Waals surface area contributed by atoms with Crippen molar-refractivity contribution in [3.8, 4) is 0 Å². The number of nitrogens with two attached hydrogens (primary N) is 1. The predicted octanol–water partition coefficient (Wildman–Crippen LogP) is 3.38. The van der Waals surface area contributed by atoms with Gasteiger partial charge in [0.1, 0.15) is 5.58 Å².